The zero-order valence-electron chi connectivity index (χ0n) is 26.4. The van der Waals surface area contributed by atoms with Crippen molar-refractivity contribution in [3.63, 3.8) is 0 Å². The number of fused-ring (bicyclic) bond motifs is 4. The molecule has 0 spiro atoms. The van der Waals surface area contributed by atoms with Gasteiger partial charge in [0.15, 0.2) is 0 Å². The summed E-state index contributed by atoms with van der Waals surface area (Å²) in [4.78, 5) is 19.4. The molecule has 0 bridgehead atoms. The summed E-state index contributed by atoms with van der Waals surface area (Å²) in [6, 6.07) is 43.4. The monoisotopic (exact) mass is 682 g/mol. The number of para-hydroxylation sites is 4. The predicted octanol–water partition coefficient (Wildman–Crippen LogP) is 11.5. The lowest BCUT2D eigenvalue weighted by molar-refractivity contribution is 0.477. The molecule has 2 aromatic heterocycles. The first-order valence-electron chi connectivity index (χ1n) is 16.0. The highest BCUT2D eigenvalue weighted by Gasteiger charge is 2.18. The van der Waals surface area contributed by atoms with E-state index in [-0.39, 0.29) is 11.5 Å². The van der Waals surface area contributed by atoms with Crippen LogP contribution in [0.25, 0.3) is 63.1 Å². The second kappa shape index (κ2) is 12.3. The van der Waals surface area contributed by atoms with E-state index in [1.165, 1.54) is 0 Å². The normalized spacial score (nSPS) is 12.0. The molecule has 0 unspecified atom stereocenters. The SMILES string of the molecule is Oc1c(-c2nc3ccccc3s2)cc2ccccc2c1C=Nc1ccccc1N=Cc1c(O)c(-c2nc3ccccc3s2)cc2ccccc12. The molecular formula is C42H26N4O2S2. The molecule has 0 aliphatic heterocycles. The summed E-state index contributed by atoms with van der Waals surface area (Å²) in [6.07, 6.45) is 3.40. The Morgan fingerprint density at radius 1 is 0.480 bits per heavy atom. The van der Waals surface area contributed by atoms with Gasteiger partial charge in [-0.1, -0.05) is 84.9 Å². The van der Waals surface area contributed by atoms with Gasteiger partial charge >= 0.3 is 0 Å². The number of aromatic nitrogens is 2. The van der Waals surface area contributed by atoms with Gasteiger partial charge in [0.2, 0.25) is 0 Å². The van der Waals surface area contributed by atoms with Crippen LogP contribution in [-0.4, -0.2) is 32.6 Å². The topological polar surface area (TPSA) is 91.0 Å². The van der Waals surface area contributed by atoms with Crippen LogP contribution in [0.3, 0.4) is 0 Å². The number of phenolic OH excluding ortho intramolecular Hbond substituents is 2. The van der Waals surface area contributed by atoms with Crippen LogP contribution in [0.15, 0.2) is 143 Å². The van der Waals surface area contributed by atoms with Crippen molar-refractivity contribution in [1.29, 1.82) is 0 Å². The summed E-state index contributed by atoms with van der Waals surface area (Å²) in [6.45, 7) is 0. The molecular weight excluding hydrogens is 657 g/mol. The van der Waals surface area contributed by atoms with E-state index in [1.807, 2.05) is 133 Å². The average Bonchev–Trinajstić information content (AvgIpc) is 3.79. The molecule has 50 heavy (non-hydrogen) atoms. The van der Waals surface area contributed by atoms with Crippen molar-refractivity contribution < 1.29 is 10.2 Å². The average molecular weight is 683 g/mol. The van der Waals surface area contributed by atoms with Crippen molar-refractivity contribution >= 4 is 88.5 Å². The van der Waals surface area contributed by atoms with E-state index in [0.29, 0.717) is 33.6 Å². The highest BCUT2D eigenvalue weighted by Crippen LogP contribution is 2.42. The number of hydrogen-bond acceptors (Lipinski definition) is 8. The van der Waals surface area contributed by atoms with Gasteiger partial charge in [-0.15, -0.1) is 22.7 Å². The van der Waals surface area contributed by atoms with E-state index in [1.54, 1.807) is 35.1 Å². The molecule has 9 aromatic rings. The van der Waals surface area contributed by atoms with Crippen LogP contribution in [0.4, 0.5) is 11.4 Å². The number of aromatic hydroxyl groups is 2. The van der Waals surface area contributed by atoms with Gasteiger partial charge in [-0.3, -0.25) is 9.98 Å². The Kier molecular flexibility index (Phi) is 7.38. The lowest BCUT2D eigenvalue weighted by Gasteiger charge is -2.10. The maximum absolute atomic E-state index is 11.7. The van der Waals surface area contributed by atoms with Gasteiger partial charge in [-0.2, -0.15) is 0 Å². The molecule has 0 saturated heterocycles. The lowest BCUT2D eigenvalue weighted by Crippen LogP contribution is -1.91. The molecule has 0 saturated carbocycles. The third-order valence-electron chi connectivity index (χ3n) is 8.72. The second-order valence-electron chi connectivity index (χ2n) is 11.8. The largest absolute Gasteiger partial charge is 0.507 e. The zero-order valence-corrected chi connectivity index (χ0v) is 28.0. The van der Waals surface area contributed by atoms with Crippen molar-refractivity contribution in [2.45, 2.75) is 0 Å². The Bertz CT molecular complexity index is 2560. The predicted molar refractivity (Wildman–Crippen MR) is 209 cm³/mol. The van der Waals surface area contributed by atoms with Crippen LogP contribution >= 0.6 is 22.7 Å². The molecule has 0 atom stereocenters. The van der Waals surface area contributed by atoms with Crippen LogP contribution < -0.4 is 0 Å². The third kappa shape index (κ3) is 5.27. The summed E-state index contributed by atoms with van der Waals surface area (Å²) in [7, 11) is 0. The van der Waals surface area contributed by atoms with Crippen molar-refractivity contribution in [3.8, 4) is 32.6 Å². The van der Waals surface area contributed by atoms with Crippen LogP contribution in [0, 0.1) is 0 Å². The van der Waals surface area contributed by atoms with Gasteiger partial charge in [0.05, 0.1) is 42.9 Å². The minimum absolute atomic E-state index is 0.121. The van der Waals surface area contributed by atoms with Gasteiger partial charge < -0.3 is 10.2 Å². The summed E-state index contributed by atoms with van der Waals surface area (Å²) in [5.74, 6) is 0.242. The van der Waals surface area contributed by atoms with Crippen LogP contribution in [0.2, 0.25) is 0 Å². The summed E-state index contributed by atoms with van der Waals surface area (Å²) >= 11 is 3.09. The molecule has 7 aromatic carbocycles. The Balaban J connectivity index is 1.13. The highest BCUT2D eigenvalue weighted by molar-refractivity contribution is 7.22. The minimum Gasteiger partial charge on any atom is -0.507 e. The fourth-order valence-electron chi connectivity index (χ4n) is 6.24. The molecule has 8 heteroatoms. The first-order chi connectivity index (χ1) is 24.6. The van der Waals surface area contributed by atoms with Crippen molar-refractivity contribution in [2.24, 2.45) is 9.98 Å². The Labute approximate surface area is 294 Å². The van der Waals surface area contributed by atoms with Crippen LogP contribution in [0.5, 0.6) is 11.5 Å². The molecule has 238 valence electrons. The Morgan fingerprint density at radius 3 is 1.34 bits per heavy atom. The first-order valence-corrected chi connectivity index (χ1v) is 17.6. The van der Waals surface area contributed by atoms with E-state index in [4.69, 9.17) is 20.0 Å². The molecule has 2 heterocycles. The van der Waals surface area contributed by atoms with Gasteiger partial charge in [0.1, 0.15) is 21.5 Å². The lowest BCUT2D eigenvalue weighted by atomic mass is 10.00. The Hall–Kier alpha value is -6.22. The van der Waals surface area contributed by atoms with E-state index >= 15 is 0 Å². The molecule has 0 amide bonds. The fourth-order valence-corrected chi connectivity index (χ4v) is 8.21. The quantitative estimate of drug-likeness (QED) is 0.171. The van der Waals surface area contributed by atoms with Gasteiger partial charge in [0.25, 0.3) is 0 Å². The third-order valence-corrected chi connectivity index (χ3v) is 10.9. The second-order valence-corrected chi connectivity index (χ2v) is 13.9. The molecule has 0 fully saturated rings. The summed E-state index contributed by atoms with van der Waals surface area (Å²) in [5.41, 5.74) is 5.54. The van der Waals surface area contributed by atoms with E-state index in [9.17, 15) is 10.2 Å². The van der Waals surface area contributed by atoms with Crippen molar-refractivity contribution in [3.05, 3.63) is 145 Å². The number of phenols is 2. The van der Waals surface area contributed by atoms with Crippen LogP contribution in [-0.2, 0) is 0 Å². The Morgan fingerprint density at radius 2 is 0.880 bits per heavy atom. The minimum atomic E-state index is 0.121. The number of thiazole rings is 2. The van der Waals surface area contributed by atoms with Gasteiger partial charge in [-0.25, -0.2) is 9.97 Å². The molecule has 0 aliphatic carbocycles. The molecule has 6 nitrogen and oxygen atoms in total. The highest BCUT2D eigenvalue weighted by atomic mass is 32.1. The number of hydrogen-bond donors (Lipinski definition) is 2. The first kappa shape index (κ1) is 29.9. The zero-order chi connectivity index (χ0) is 33.6. The fraction of sp³-hybridized carbons (Fsp3) is 0. The number of nitrogens with zero attached hydrogens (tertiary/aromatic N) is 4. The number of rotatable bonds is 6. The van der Waals surface area contributed by atoms with E-state index in [0.717, 1.165) is 52.0 Å². The molecule has 9 rings (SSSR count). The number of benzene rings is 7. The van der Waals surface area contributed by atoms with Gasteiger partial charge in [-0.05, 0) is 70.1 Å². The maximum Gasteiger partial charge on any atom is 0.135 e. The molecule has 0 radical (unpaired) electrons. The summed E-state index contributed by atoms with van der Waals surface area (Å²) in [5, 5.41) is 28.5. The van der Waals surface area contributed by atoms with Crippen molar-refractivity contribution in [2.75, 3.05) is 0 Å². The molecule has 0 aliphatic rings. The maximum atomic E-state index is 11.7. The molecule has 2 N–H and O–H groups in total. The van der Waals surface area contributed by atoms with Crippen LogP contribution in [0.1, 0.15) is 11.1 Å². The van der Waals surface area contributed by atoms with Gasteiger partial charge in [0, 0.05) is 23.6 Å². The standard InChI is InChI=1S/C42H26N4O2S2/c47-39-29(41-45-35-17-7-9-19-37(35)49-41)21-25-11-1-3-13-27(25)31(39)23-43-33-15-5-6-16-34(33)44-24-32-28-14-4-2-12-26(28)22-30(40(32)48)42-46-36-18-8-10-20-38(36)50-42/h1-24,47-48H. The number of aliphatic imine (C=N–C) groups is 2. The summed E-state index contributed by atoms with van der Waals surface area (Å²) < 4.78 is 2.11. The van der Waals surface area contributed by atoms with Crippen molar-refractivity contribution in [1.82, 2.24) is 9.97 Å². The smallest absolute Gasteiger partial charge is 0.135 e. The van der Waals surface area contributed by atoms with E-state index in [2.05, 4.69) is 0 Å². The van der Waals surface area contributed by atoms with E-state index < -0.39 is 0 Å².